The maximum atomic E-state index is 5.71. The standard InChI is InChI=1S/C8H9ClN2/c1-5-6-3-2-4-7(6)11-8(9)10-5/h2-4H2,1H3. The van der Waals surface area contributed by atoms with Crippen LogP contribution in [0, 0.1) is 6.92 Å². The van der Waals surface area contributed by atoms with Crippen LogP contribution in [0.15, 0.2) is 0 Å². The summed E-state index contributed by atoms with van der Waals surface area (Å²) < 4.78 is 0. The maximum Gasteiger partial charge on any atom is 0.222 e. The van der Waals surface area contributed by atoms with Crippen LogP contribution in [0.1, 0.15) is 23.4 Å². The van der Waals surface area contributed by atoms with E-state index >= 15 is 0 Å². The first kappa shape index (κ1) is 7.04. The van der Waals surface area contributed by atoms with Gasteiger partial charge in [-0.1, -0.05) is 0 Å². The summed E-state index contributed by atoms with van der Waals surface area (Å²) in [6, 6.07) is 0. The topological polar surface area (TPSA) is 25.8 Å². The van der Waals surface area contributed by atoms with Gasteiger partial charge in [0.2, 0.25) is 5.28 Å². The van der Waals surface area contributed by atoms with Gasteiger partial charge in [-0.05, 0) is 43.4 Å². The molecule has 0 aliphatic heterocycles. The monoisotopic (exact) mass is 168 g/mol. The summed E-state index contributed by atoms with van der Waals surface area (Å²) in [6.07, 6.45) is 3.39. The number of aryl methyl sites for hydroxylation is 2. The first-order valence-electron chi connectivity index (χ1n) is 3.79. The summed E-state index contributed by atoms with van der Waals surface area (Å²) in [6.45, 7) is 2.00. The molecule has 0 atom stereocenters. The Balaban J connectivity index is 2.60. The molecule has 11 heavy (non-hydrogen) atoms. The summed E-state index contributed by atoms with van der Waals surface area (Å²) in [5, 5.41) is 0.392. The van der Waals surface area contributed by atoms with Gasteiger partial charge in [-0.2, -0.15) is 0 Å². The first-order valence-corrected chi connectivity index (χ1v) is 4.17. The number of hydrogen-bond acceptors (Lipinski definition) is 2. The Morgan fingerprint density at radius 3 is 2.91 bits per heavy atom. The van der Waals surface area contributed by atoms with E-state index in [4.69, 9.17) is 11.6 Å². The van der Waals surface area contributed by atoms with Gasteiger partial charge in [0.05, 0.1) is 0 Å². The minimum atomic E-state index is 0.392. The van der Waals surface area contributed by atoms with Crippen LogP contribution in [0.25, 0.3) is 0 Å². The number of nitrogens with zero attached hydrogens (tertiary/aromatic N) is 2. The van der Waals surface area contributed by atoms with Gasteiger partial charge in [0.25, 0.3) is 0 Å². The van der Waals surface area contributed by atoms with Gasteiger partial charge < -0.3 is 0 Å². The number of hydrogen-bond donors (Lipinski definition) is 0. The molecule has 1 aromatic rings. The average Bonchev–Trinajstić information content (AvgIpc) is 2.34. The minimum absolute atomic E-state index is 0.392. The average molecular weight is 169 g/mol. The van der Waals surface area contributed by atoms with Crippen LogP contribution < -0.4 is 0 Å². The second-order valence-electron chi connectivity index (χ2n) is 2.86. The van der Waals surface area contributed by atoms with Crippen LogP contribution >= 0.6 is 11.6 Å². The summed E-state index contributed by atoms with van der Waals surface area (Å²) in [5.74, 6) is 0. The van der Waals surface area contributed by atoms with Gasteiger partial charge in [0, 0.05) is 11.4 Å². The normalized spacial score (nSPS) is 15.1. The van der Waals surface area contributed by atoms with Crippen molar-refractivity contribution in [2.75, 3.05) is 0 Å². The van der Waals surface area contributed by atoms with Crippen molar-refractivity contribution in [3.8, 4) is 0 Å². The van der Waals surface area contributed by atoms with E-state index in [0.717, 1.165) is 24.2 Å². The van der Waals surface area contributed by atoms with Crippen molar-refractivity contribution in [2.24, 2.45) is 0 Å². The summed E-state index contributed by atoms with van der Waals surface area (Å²) in [5.41, 5.74) is 3.52. The Kier molecular flexibility index (Phi) is 1.57. The zero-order chi connectivity index (χ0) is 7.84. The highest BCUT2D eigenvalue weighted by Gasteiger charge is 2.15. The summed E-state index contributed by atoms with van der Waals surface area (Å²) >= 11 is 5.71. The van der Waals surface area contributed by atoms with E-state index in [0.29, 0.717) is 5.28 Å². The number of fused-ring (bicyclic) bond motifs is 1. The van der Waals surface area contributed by atoms with Gasteiger partial charge in [-0.25, -0.2) is 9.97 Å². The number of aromatic nitrogens is 2. The van der Waals surface area contributed by atoms with Crippen molar-refractivity contribution in [3.63, 3.8) is 0 Å². The van der Waals surface area contributed by atoms with Crippen molar-refractivity contribution >= 4 is 11.6 Å². The molecule has 58 valence electrons. The number of halogens is 1. The van der Waals surface area contributed by atoms with Crippen LogP contribution in [-0.2, 0) is 12.8 Å². The lowest BCUT2D eigenvalue weighted by molar-refractivity contribution is 0.898. The predicted molar refractivity (Wildman–Crippen MR) is 43.8 cm³/mol. The van der Waals surface area contributed by atoms with Crippen molar-refractivity contribution in [3.05, 3.63) is 22.2 Å². The highest BCUT2D eigenvalue weighted by Crippen LogP contribution is 2.22. The van der Waals surface area contributed by atoms with E-state index in [-0.39, 0.29) is 0 Å². The molecule has 1 aliphatic rings. The highest BCUT2D eigenvalue weighted by molar-refractivity contribution is 6.28. The van der Waals surface area contributed by atoms with Gasteiger partial charge in [0.1, 0.15) is 0 Å². The largest absolute Gasteiger partial charge is 0.223 e. The Hall–Kier alpha value is -0.630. The lowest BCUT2D eigenvalue weighted by Gasteiger charge is -2.01. The molecule has 0 radical (unpaired) electrons. The smallest absolute Gasteiger partial charge is 0.222 e. The van der Waals surface area contributed by atoms with Crippen molar-refractivity contribution in [2.45, 2.75) is 26.2 Å². The molecule has 1 aromatic heterocycles. The highest BCUT2D eigenvalue weighted by atomic mass is 35.5. The van der Waals surface area contributed by atoms with Crippen LogP contribution in [-0.4, -0.2) is 9.97 Å². The minimum Gasteiger partial charge on any atom is -0.223 e. The van der Waals surface area contributed by atoms with Gasteiger partial charge in [-0.15, -0.1) is 0 Å². The Morgan fingerprint density at radius 2 is 2.09 bits per heavy atom. The van der Waals surface area contributed by atoms with Crippen LogP contribution in [0.2, 0.25) is 5.28 Å². The van der Waals surface area contributed by atoms with Crippen molar-refractivity contribution in [1.29, 1.82) is 0 Å². The fraction of sp³-hybridized carbons (Fsp3) is 0.500. The molecule has 0 N–H and O–H groups in total. The predicted octanol–water partition coefficient (Wildman–Crippen LogP) is 1.93. The molecule has 0 saturated heterocycles. The molecule has 3 heteroatoms. The van der Waals surface area contributed by atoms with Crippen LogP contribution in [0.3, 0.4) is 0 Å². The molecular formula is C8H9ClN2. The molecule has 1 heterocycles. The van der Waals surface area contributed by atoms with E-state index in [9.17, 15) is 0 Å². The molecule has 0 amide bonds. The summed E-state index contributed by atoms with van der Waals surface area (Å²) in [7, 11) is 0. The molecule has 0 saturated carbocycles. The van der Waals surface area contributed by atoms with E-state index in [1.165, 1.54) is 12.0 Å². The van der Waals surface area contributed by atoms with E-state index in [1.807, 2.05) is 6.92 Å². The molecule has 1 aliphatic carbocycles. The Labute approximate surface area is 70.6 Å². The second kappa shape index (κ2) is 2.45. The molecule has 0 unspecified atom stereocenters. The van der Waals surface area contributed by atoms with E-state index in [1.54, 1.807) is 0 Å². The Morgan fingerprint density at radius 1 is 1.27 bits per heavy atom. The lowest BCUT2D eigenvalue weighted by Crippen LogP contribution is -1.96. The van der Waals surface area contributed by atoms with Crippen molar-refractivity contribution in [1.82, 2.24) is 9.97 Å². The zero-order valence-corrected chi connectivity index (χ0v) is 7.15. The SMILES string of the molecule is Cc1nc(Cl)nc2c1CCC2. The van der Waals surface area contributed by atoms with Gasteiger partial charge in [0.15, 0.2) is 0 Å². The quantitative estimate of drug-likeness (QED) is 0.554. The second-order valence-corrected chi connectivity index (χ2v) is 3.19. The zero-order valence-electron chi connectivity index (χ0n) is 6.39. The van der Waals surface area contributed by atoms with E-state index < -0.39 is 0 Å². The number of rotatable bonds is 0. The molecule has 2 rings (SSSR count). The molecule has 0 fully saturated rings. The van der Waals surface area contributed by atoms with Crippen molar-refractivity contribution < 1.29 is 0 Å². The molecule has 0 spiro atoms. The third kappa shape index (κ3) is 1.11. The Bertz CT molecular complexity index is 296. The maximum absolute atomic E-state index is 5.71. The molecule has 2 nitrogen and oxygen atoms in total. The molecular weight excluding hydrogens is 160 g/mol. The third-order valence-electron chi connectivity index (χ3n) is 2.11. The molecule has 0 aromatic carbocycles. The summed E-state index contributed by atoms with van der Waals surface area (Å²) in [4.78, 5) is 8.27. The van der Waals surface area contributed by atoms with Gasteiger partial charge in [-0.3, -0.25) is 0 Å². The first-order chi connectivity index (χ1) is 5.27. The van der Waals surface area contributed by atoms with Crippen LogP contribution in [0.5, 0.6) is 0 Å². The fourth-order valence-corrected chi connectivity index (χ4v) is 1.81. The third-order valence-corrected chi connectivity index (χ3v) is 2.28. The van der Waals surface area contributed by atoms with E-state index in [2.05, 4.69) is 9.97 Å². The molecule has 0 bridgehead atoms. The van der Waals surface area contributed by atoms with Gasteiger partial charge >= 0.3 is 0 Å². The lowest BCUT2D eigenvalue weighted by atomic mass is 10.2. The van der Waals surface area contributed by atoms with Crippen LogP contribution in [0.4, 0.5) is 0 Å². The fourth-order valence-electron chi connectivity index (χ4n) is 1.58.